The van der Waals surface area contributed by atoms with Gasteiger partial charge in [-0.3, -0.25) is 0 Å². The molecule has 1 aliphatic heterocycles. The molecule has 2 aliphatic carbocycles. The van der Waals surface area contributed by atoms with Crippen LogP contribution in [0.4, 0.5) is 8.78 Å². The summed E-state index contributed by atoms with van der Waals surface area (Å²) in [6.45, 7) is 5.14. The predicted molar refractivity (Wildman–Crippen MR) is 140 cm³/mol. The summed E-state index contributed by atoms with van der Waals surface area (Å²) in [5, 5.41) is 0. The molecule has 2 saturated carbocycles. The summed E-state index contributed by atoms with van der Waals surface area (Å²) in [5.74, 6) is 1.63. The molecule has 3 nitrogen and oxygen atoms in total. The Bertz CT molecular complexity index is 817. The van der Waals surface area contributed by atoms with E-state index in [9.17, 15) is 8.78 Å². The number of hydrogen-bond acceptors (Lipinski definition) is 3. The Morgan fingerprint density at radius 1 is 0.806 bits per heavy atom. The SMILES string of the molecule is C/C=C/CCC1CCC(C2CCC(C3CCC(COc4ccc(OCC)c(F)c4F)CO3)CC2)CC1. The summed E-state index contributed by atoms with van der Waals surface area (Å²) in [6.07, 6.45) is 20.6. The van der Waals surface area contributed by atoms with E-state index in [1.165, 1.54) is 76.3 Å². The van der Waals surface area contributed by atoms with Gasteiger partial charge in [-0.05, 0) is 114 Å². The zero-order valence-corrected chi connectivity index (χ0v) is 22.4. The van der Waals surface area contributed by atoms with Crippen molar-refractivity contribution in [1.82, 2.24) is 0 Å². The number of benzene rings is 1. The lowest BCUT2D eigenvalue weighted by molar-refractivity contribution is -0.0676. The molecular formula is C31H46F2O3. The van der Waals surface area contributed by atoms with E-state index in [0.29, 0.717) is 25.2 Å². The van der Waals surface area contributed by atoms with E-state index < -0.39 is 11.6 Å². The van der Waals surface area contributed by atoms with Crippen LogP contribution in [0.15, 0.2) is 24.3 Å². The molecule has 202 valence electrons. The maximum atomic E-state index is 14.3. The molecule has 4 rings (SSSR count). The molecule has 36 heavy (non-hydrogen) atoms. The molecule has 1 aromatic carbocycles. The highest BCUT2D eigenvalue weighted by atomic mass is 19.2. The van der Waals surface area contributed by atoms with Gasteiger partial charge in [0.05, 0.1) is 25.9 Å². The fourth-order valence-corrected chi connectivity index (χ4v) is 6.86. The van der Waals surface area contributed by atoms with Crippen LogP contribution in [0.2, 0.25) is 0 Å². The van der Waals surface area contributed by atoms with Crippen molar-refractivity contribution in [3.8, 4) is 11.5 Å². The molecule has 0 spiro atoms. The predicted octanol–water partition coefficient (Wildman–Crippen LogP) is 8.51. The molecule has 3 fully saturated rings. The number of rotatable bonds is 10. The average molecular weight is 505 g/mol. The molecule has 1 saturated heterocycles. The summed E-state index contributed by atoms with van der Waals surface area (Å²) < 4.78 is 45.4. The maximum absolute atomic E-state index is 14.3. The standard InChI is InChI=1S/C31H46F2O3/c1-3-5-6-7-22-8-11-24(12-9-22)25-13-15-26(16-14-25)27-17-10-23(20-35-27)21-36-29-19-18-28(34-4-2)30(32)31(29)33/h3,5,18-19,22-27H,4,6-17,20-21H2,1-2H3/b5-3+. The lowest BCUT2D eigenvalue weighted by atomic mass is 9.67. The van der Waals surface area contributed by atoms with Gasteiger partial charge in [0.1, 0.15) is 0 Å². The molecule has 2 atom stereocenters. The first-order valence-corrected chi connectivity index (χ1v) is 14.5. The Morgan fingerprint density at radius 2 is 1.39 bits per heavy atom. The van der Waals surface area contributed by atoms with Crippen LogP contribution >= 0.6 is 0 Å². The van der Waals surface area contributed by atoms with E-state index in [1.54, 1.807) is 6.92 Å². The quantitative estimate of drug-likeness (QED) is 0.299. The van der Waals surface area contributed by atoms with Gasteiger partial charge >= 0.3 is 0 Å². The molecular weight excluding hydrogens is 458 g/mol. The van der Waals surface area contributed by atoms with E-state index in [1.807, 2.05) is 0 Å². The van der Waals surface area contributed by atoms with Crippen molar-refractivity contribution < 1.29 is 23.0 Å². The maximum Gasteiger partial charge on any atom is 0.204 e. The van der Waals surface area contributed by atoms with Crippen molar-refractivity contribution in [3.63, 3.8) is 0 Å². The van der Waals surface area contributed by atoms with Crippen molar-refractivity contribution in [3.05, 3.63) is 35.9 Å². The minimum absolute atomic E-state index is 0.0526. The van der Waals surface area contributed by atoms with Gasteiger partial charge < -0.3 is 14.2 Å². The molecule has 0 aromatic heterocycles. The van der Waals surface area contributed by atoms with Gasteiger partial charge in [-0.25, -0.2) is 0 Å². The molecule has 0 N–H and O–H groups in total. The number of halogens is 2. The van der Waals surface area contributed by atoms with Crippen molar-refractivity contribution in [2.45, 2.75) is 97.0 Å². The lowest BCUT2D eigenvalue weighted by Gasteiger charge is -2.41. The summed E-state index contributed by atoms with van der Waals surface area (Å²) in [5.41, 5.74) is 0. The van der Waals surface area contributed by atoms with Gasteiger partial charge in [-0.1, -0.05) is 25.0 Å². The van der Waals surface area contributed by atoms with Crippen molar-refractivity contribution in [1.29, 1.82) is 0 Å². The number of ether oxygens (including phenoxy) is 3. The van der Waals surface area contributed by atoms with E-state index in [0.717, 1.165) is 30.6 Å². The van der Waals surface area contributed by atoms with Gasteiger partial charge in [-0.2, -0.15) is 8.78 Å². The van der Waals surface area contributed by atoms with Gasteiger partial charge in [0, 0.05) is 5.92 Å². The monoisotopic (exact) mass is 504 g/mol. The van der Waals surface area contributed by atoms with Crippen molar-refractivity contribution >= 4 is 0 Å². The minimum Gasteiger partial charge on any atom is -0.491 e. The van der Waals surface area contributed by atoms with Crippen LogP contribution < -0.4 is 9.47 Å². The van der Waals surface area contributed by atoms with E-state index in [-0.39, 0.29) is 24.0 Å². The second kappa shape index (κ2) is 13.8. The Kier molecular flexibility index (Phi) is 10.5. The summed E-state index contributed by atoms with van der Waals surface area (Å²) in [6, 6.07) is 2.88. The first-order valence-electron chi connectivity index (χ1n) is 14.5. The molecule has 2 unspecified atom stereocenters. The Balaban J connectivity index is 1.14. The fraction of sp³-hybridized carbons (Fsp3) is 0.742. The van der Waals surface area contributed by atoms with Crippen molar-refractivity contribution in [2.75, 3.05) is 19.8 Å². The topological polar surface area (TPSA) is 27.7 Å². The molecule has 3 aliphatic rings. The van der Waals surface area contributed by atoms with Crippen LogP contribution in [0.25, 0.3) is 0 Å². The normalized spacial score (nSPS) is 31.4. The van der Waals surface area contributed by atoms with Gasteiger partial charge in [-0.15, -0.1) is 0 Å². The molecule has 1 heterocycles. The third kappa shape index (κ3) is 7.24. The largest absolute Gasteiger partial charge is 0.491 e. The summed E-state index contributed by atoms with van der Waals surface area (Å²) in [4.78, 5) is 0. The first-order chi connectivity index (χ1) is 17.6. The smallest absolute Gasteiger partial charge is 0.204 e. The highest BCUT2D eigenvalue weighted by Crippen LogP contribution is 2.44. The van der Waals surface area contributed by atoms with Crippen LogP contribution in [0.3, 0.4) is 0 Å². The molecule has 1 aromatic rings. The average Bonchev–Trinajstić information content (AvgIpc) is 2.92. The highest BCUT2D eigenvalue weighted by molar-refractivity contribution is 5.35. The van der Waals surface area contributed by atoms with Crippen LogP contribution in [-0.2, 0) is 4.74 Å². The minimum atomic E-state index is -0.984. The van der Waals surface area contributed by atoms with Crippen LogP contribution in [0, 0.1) is 41.2 Å². The zero-order valence-electron chi connectivity index (χ0n) is 22.4. The van der Waals surface area contributed by atoms with E-state index >= 15 is 0 Å². The molecule has 5 heteroatoms. The second-order valence-electron chi connectivity index (χ2n) is 11.4. The lowest BCUT2D eigenvalue weighted by Crippen LogP contribution is -2.36. The van der Waals surface area contributed by atoms with Gasteiger partial charge in [0.15, 0.2) is 11.5 Å². The number of allylic oxidation sites excluding steroid dienone is 2. The van der Waals surface area contributed by atoms with Gasteiger partial charge in [0.25, 0.3) is 0 Å². The van der Waals surface area contributed by atoms with Gasteiger partial charge in [0.2, 0.25) is 11.6 Å². The summed E-state index contributed by atoms with van der Waals surface area (Å²) >= 11 is 0. The molecule has 0 bridgehead atoms. The first kappa shape index (κ1) is 27.4. The Hall–Kier alpha value is -1.62. The molecule has 0 radical (unpaired) electrons. The van der Waals surface area contributed by atoms with Crippen molar-refractivity contribution in [2.24, 2.45) is 29.6 Å². The number of hydrogen-bond donors (Lipinski definition) is 0. The van der Waals surface area contributed by atoms with E-state index in [2.05, 4.69) is 19.1 Å². The van der Waals surface area contributed by atoms with Crippen LogP contribution in [0.5, 0.6) is 11.5 Å². The van der Waals surface area contributed by atoms with Crippen LogP contribution in [-0.4, -0.2) is 25.9 Å². The van der Waals surface area contributed by atoms with Crippen LogP contribution in [0.1, 0.15) is 90.9 Å². The second-order valence-corrected chi connectivity index (χ2v) is 11.4. The fourth-order valence-electron chi connectivity index (χ4n) is 6.86. The highest BCUT2D eigenvalue weighted by Gasteiger charge is 2.35. The summed E-state index contributed by atoms with van der Waals surface area (Å²) in [7, 11) is 0. The Labute approximate surface area is 217 Å². The van der Waals surface area contributed by atoms with E-state index in [4.69, 9.17) is 14.2 Å². The molecule has 0 amide bonds. The Morgan fingerprint density at radius 3 is 1.97 bits per heavy atom. The third-order valence-corrected chi connectivity index (χ3v) is 9.07. The third-order valence-electron chi connectivity index (χ3n) is 9.07. The zero-order chi connectivity index (χ0) is 25.3.